The first-order valence-corrected chi connectivity index (χ1v) is 10.3. The average molecular weight is 461 g/mol. The Morgan fingerprint density at radius 3 is 2.39 bits per heavy atom. The number of benzene rings is 3. The van der Waals surface area contributed by atoms with Crippen molar-refractivity contribution in [3.8, 4) is 16.9 Å². The second kappa shape index (κ2) is 10.8. The fourth-order valence-electron chi connectivity index (χ4n) is 3.18. The number of carbonyl (C=O) groups excluding carboxylic acids is 1. The smallest absolute Gasteiger partial charge is 0.344 e. The van der Waals surface area contributed by atoms with Crippen LogP contribution < -0.4 is 10.1 Å². The van der Waals surface area contributed by atoms with Crippen molar-refractivity contribution in [3.63, 3.8) is 0 Å². The molecule has 33 heavy (non-hydrogen) atoms. The molecule has 1 N–H and O–H groups in total. The molecule has 0 aliphatic heterocycles. The van der Waals surface area contributed by atoms with Crippen molar-refractivity contribution < 1.29 is 31.8 Å². The fourth-order valence-corrected chi connectivity index (χ4v) is 3.18. The zero-order chi connectivity index (χ0) is 24.0. The second-order valence-electron chi connectivity index (χ2n) is 7.56. The van der Waals surface area contributed by atoms with E-state index in [9.17, 15) is 22.4 Å². The molecule has 0 atom stereocenters. The first-order valence-electron chi connectivity index (χ1n) is 10.3. The van der Waals surface area contributed by atoms with Crippen molar-refractivity contribution in [1.82, 2.24) is 0 Å². The molecule has 0 unspecified atom stereocenters. The standard InChI is InChI=1S/C25H23F4NO3/c1-15(2)33-23(31)14-32-22-9-8-21(28)25(24(22)29)30-11-10-18-12-17(6-7-20(18)27)16-4-3-5-19(26)13-16/h3-9,12-13,15,30H,10-11,14H2,1-2H3. The summed E-state index contributed by atoms with van der Waals surface area (Å²) in [7, 11) is 0. The molecule has 0 aliphatic carbocycles. The number of carbonyl (C=O) groups is 1. The van der Waals surface area contributed by atoms with Crippen LogP contribution >= 0.6 is 0 Å². The predicted molar refractivity (Wildman–Crippen MR) is 117 cm³/mol. The van der Waals surface area contributed by atoms with Crippen LogP contribution in [0.25, 0.3) is 11.1 Å². The summed E-state index contributed by atoms with van der Waals surface area (Å²) in [5.41, 5.74) is 1.05. The van der Waals surface area contributed by atoms with Gasteiger partial charge in [-0.15, -0.1) is 0 Å². The van der Waals surface area contributed by atoms with Gasteiger partial charge in [0.15, 0.2) is 18.2 Å². The molecule has 0 aromatic heterocycles. The zero-order valence-corrected chi connectivity index (χ0v) is 18.1. The Kier molecular flexibility index (Phi) is 7.92. The van der Waals surface area contributed by atoms with Gasteiger partial charge in [-0.05, 0) is 73.4 Å². The minimum atomic E-state index is -1.01. The Morgan fingerprint density at radius 2 is 1.67 bits per heavy atom. The van der Waals surface area contributed by atoms with Crippen LogP contribution in [-0.2, 0) is 16.0 Å². The third-order valence-electron chi connectivity index (χ3n) is 4.67. The Hall–Kier alpha value is -3.55. The Balaban J connectivity index is 1.68. The molecule has 8 heteroatoms. The molecule has 0 radical (unpaired) electrons. The number of halogens is 4. The van der Waals surface area contributed by atoms with Gasteiger partial charge in [0.25, 0.3) is 0 Å². The number of anilines is 1. The van der Waals surface area contributed by atoms with E-state index in [1.54, 1.807) is 32.0 Å². The van der Waals surface area contributed by atoms with Gasteiger partial charge in [0.1, 0.15) is 23.1 Å². The maximum atomic E-state index is 14.7. The van der Waals surface area contributed by atoms with Crippen LogP contribution in [0.4, 0.5) is 23.2 Å². The lowest BCUT2D eigenvalue weighted by Crippen LogP contribution is -2.19. The summed E-state index contributed by atoms with van der Waals surface area (Å²) in [5, 5.41) is 2.61. The van der Waals surface area contributed by atoms with Crippen molar-refractivity contribution in [2.24, 2.45) is 0 Å². The van der Waals surface area contributed by atoms with Gasteiger partial charge >= 0.3 is 5.97 Å². The molecule has 0 saturated carbocycles. The molecular weight excluding hydrogens is 438 g/mol. The first kappa shape index (κ1) is 24.1. The topological polar surface area (TPSA) is 47.6 Å². The summed E-state index contributed by atoms with van der Waals surface area (Å²) in [6.45, 7) is 2.80. The molecule has 3 aromatic carbocycles. The highest BCUT2D eigenvalue weighted by molar-refractivity contribution is 5.71. The van der Waals surface area contributed by atoms with Crippen LogP contribution in [0.1, 0.15) is 19.4 Å². The van der Waals surface area contributed by atoms with Crippen LogP contribution in [0.5, 0.6) is 5.75 Å². The van der Waals surface area contributed by atoms with Crippen LogP contribution in [0, 0.1) is 23.3 Å². The minimum Gasteiger partial charge on any atom is -0.479 e. The van der Waals surface area contributed by atoms with Gasteiger partial charge in [-0.2, -0.15) is 0 Å². The van der Waals surface area contributed by atoms with Crippen molar-refractivity contribution in [1.29, 1.82) is 0 Å². The molecule has 174 valence electrons. The van der Waals surface area contributed by atoms with E-state index in [4.69, 9.17) is 9.47 Å². The van der Waals surface area contributed by atoms with E-state index < -0.39 is 41.5 Å². The van der Waals surface area contributed by atoms with Gasteiger partial charge in [-0.25, -0.2) is 22.4 Å². The van der Waals surface area contributed by atoms with Crippen molar-refractivity contribution in [2.75, 3.05) is 18.5 Å². The third kappa shape index (κ3) is 6.47. The van der Waals surface area contributed by atoms with E-state index in [0.29, 0.717) is 16.7 Å². The Morgan fingerprint density at radius 1 is 0.939 bits per heavy atom. The predicted octanol–water partition coefficient (Wildman–Crippen LogP) is 5.90. The number of ether oxygens (including phenoxy) is 2. The van der Waals surface area contributed by atoms with Gasteiger partial charge in [0, 0.05) is 6.54 Å². The zero-order valence-electron chi connectivity index (χ0n) is 18.1. The number of hydrogen-bond donors (Lipinski definition) is 1. The summed E-state index contributed by atoms with van der Waals surface area (Å²) in [4.78, 5) is 11.6. The molecule has 0 bridgehead atoms. The summed E-state index contributed by atoms with van der Waals surface area (Å²) in [6, 6.07) is 12.3. The SMILES string of the molecule is CC(C)OC(=O)COc1ccc(F)c(NCCc2cc(-c3cccc(F)c3)ccc2F)c1F. The summed E-state index contributed by atoms with van der Waals surface area (Å²) >= 11 is 0. The van der Waals surface area contributed by atoms with Gasteiger partial charge in [0.2, 0.25) is 0 Å². The van der Waals surface area contributed by atoms with E-state index in [2.05, 4.69) is 5.32 Å². The molecule has 4 nitrogen and oxygen atoms in total. The van der Waals surface area contributed by atoms with E-state index in [1.165, 1.54) is 24.3 Å². The number of rotatable bonds is 9. The number of nitrogens with one attached hydrogen (secondary N) is 1. The highest BCUT2D eigenvalue weighted by atomic mass is 19.1. The monoisotopic (exact) mass is 461 g/mol. The Bertz CT molecular complexity index is 1130. The van der Waals surface area contributed by atoms with Crippen molar-refractivity contribution >= 4 is 11.7 Å². The molecule has 0 spiro atoms. The maximum absolute atomic E-state index is 14.7. The molecule has 3 rings (SSSR count). The van der Waals surface area contributed by atoms with Gasteiger partial charge in [-0.1, -0.05) is 18.2 Å². The van der Waals surface area contributed by atoms with Crippen molar-refractivity contribution in [3.05, 3.63) is 83.4 Å². The van der Waals surface area contributed by atoms with Crippen LogP contribution in [0.2, 0.25) is 0 Å². The quantitative estimate of drug-likeness (QED) is 0.319. The lowest BCUT2D eigenvalue weighted by atomic mass is 10.0. The van der Waals surface area contributed by atoms with Crippen LogP contribution in [0.3, 0.4) is 0 Å². The highest BCUT2D eigenvalue weighted by Crippen LogP contribution is 2.28. The lowest BCUT2D eigenvalue weighted by Gasteiger charge is -2.14. The third-order valence-corrected chi connectivity index (χ3v) is 4.67. The van der Waals surface area contributed by atoms with Gasteiger partial charge < -0.3 is 14.8 Å². The summed E-state index contributed by atoms with van der Waals surface area (Å²) < 4.78 is 66.6. The van der Waals surface area contributed by atoms with Crippen LogP contribution in [0.15, 0.2) is 54.6 Å². The van der Waals surface area contributed by atoms with E-state index in [1.807, 2.05) is 0 Å². The molecule has 0 fully saturated rings. The maximum Gasteiger partial charge on any atom is 0.344 e. The van der Waals surface area contributed by atoms with Crippen molar-refractivity contribution in [2.45, 2.75) is 26.4 Å². The summed E-state index contributed by atoms with van der Waals surface area (Å²) in [5.74, 6) is -3.78. The average Bonchev–Trinajstić information content (AvgIpc) is 2.76. The molecular formula is C25H23F4NO3. The highest BCUT2D eigenvalue weighted by Gasteiger charge is 2.17. The van der Waals surface area contributed by atoms with E-state index in [-0.39, 0.29) is 24.8 Å². The lowest BCUT2D eigenvalue weighted by molar-refractivity contribution is -0.149. The molecule has 0 heterocycles. The molecule has 3 aromatic rings. The van der Waals surface area contributed by atoms with Gasteiger partial charge in [-0.3, -0.25) is 0 Å². The second-order valence-corrected chi connectivity index (χ2v) is 7.56. The minimum absolute atomic E-state index is 0.0101. The molecule has 0 saturated heterocycles. The van der Waals surface area contributed by atoms with Crippen LogP contribution in [-0.4, -0.2) is 25.2 Å². The largest absolute Gasteiger partial charge is 0.479 e. The normalized spacial score (nSPS) is 10.9. The molecule has 0 aliphatic rings. The molecule has 0 amide bonds. The number of hydrogen-bond acceptors (Lipinski definition) is 4. The Labute approximate surface area is 189 Å². The number of esters is 1. The van der Waals surface area contributed by atoms with Gasteiger partial charge in [0.05, 0.1) is 6.10 Å². The van der Waals surface area contributed by atoms with E-state index in [0.717, 1.165) is 12.1 Å². The fraction of sp³-hybridized carbons (Fsp3) is 0.240. The van der Waals surface area contributed by atoms with E-state index >= 15 is 0 Å². The first-order chi connectivity index (χ1) is 15.7. The summed E-state index contributed by atoms with van der Waals surface area (Å²) in [6.07, 6.45) is -0.240.